The molecule has 0 aromatic carbocycles. The summed E-state index contributed by atoms with van der Waals surface area (Å²) in [7, 11) is 0. The Kier molecular flexibility index (Phi) is 3.29. The predicted octanol–water partition coefficient (Wildman–Crippen LogP) is 1.98. The van der Waals surface area contributed by atoms with Crippen LogP contribution in [0, 0.1) is 0 Å². The standard InChI is InChI=1S/C8H12ClN3/c1-3-12(4-2)7-5-6-10-8(9)11-7/h5-6H,3-4H2,1-2H3. The Balaban J connectivity index is 2.85. The fourth-order valence-corrected chi connectivity index (χ4v) is 1.19. The molecule has 1 rings (SSSR count). The average molecular weight is 186 g/mol. The second kappa shape index (κ2) is 4.26. The fraction of sp³-hybridized carbons (Fsp3) is 0.500. The summed E-state index contributed by atoms with van der Waals surface area (Å²) in [5, 5.41) is 0.305. The van der Waals surface area contributed by atoms with E-state index in [9.17, 15) is 0 Å². The van der Waals surface area contributed by atoms with Gasteiger partial charge in [0.2, 0.25) is 5.28 Å². The van der Waals surface area contributed by atoms with Crippen LogP contribution in [0.4, 0.5) is 5.82 Å². The summed E-state index contributed by atoms with van der Waals surface area (Å²) in [4.78, 5) is 10.0. The number of halogens is 1. The van der Waals surface area contributed by atoms with E-state index in [-0.39, 0.29) is 0 Å². The lowest BCUT2D eigenvalue weighted by Crippen LogP contribution is -2.22. The molecular weight excluding hydrogens is 174 g/mol. The summed E-state index contributed by atoms with van der Waals surface area (Å²) >= 11 is 5.65. The Morgan fingerprint density at radius 1 is 1.42 bits per heavy atom. The van der Waals surface area contributed by atoms with Crippen LogP contribution in [0.3, 0.4) is 0 Å². The van der Waals surface area contributed by atoms with Gasteiger partial charge in [-0.05, 0) is 31.5 Å². The van der Waals surface area contributed by atoms with E-state index in [1.807, 2.05) is 6.07 Å². The van der Waals surface area contributed by atoms with Crippen molar-refractivity contribution in [3.05, 3.63) is 17.5 Å². The van der Waals surface area contributed by atoms with Crippen molar-refractivity contribution in [3.8, 4) is 0 Å². The molecule has 0 radical (unpaired) electrons. The summed E-state index contributed by atoms with van der Waals surface area (Å²) in [5.41, 5.74) is 0. The molecule has 0 aliphatic heterocycles. The predicted molar refractivity (Wildman–Crippen MR) is 50.6 cm³/mol. The Morgan fingerprint density at radius 3 is 2.58 bits per heavy atom. The first-order valence-corrected chi connectivity index (χ1v) is 4.39. The lowest BCUT2D eigenvalue weighted by molar-refractivity contribution is 0.841. The Bertz CT molecular complexity index is 248. The van der Waals surface area contributed by atoms with Gasteiger partial charge in [0.05, 0.1) is 0 Å². The molecule has 0 bridgehead atoms. The maximum absolute atomic E-state index is 5.65. The first-order chi connectivity index (χ1) is 5.77. The van der Waals surface area contributed by atoms with Crippen molar-refractivity contribution < 1.29 is 0 Å². The molecule has 66 valence electrons. The molecule has 0 spiro atoms. The fourth-order valence-electron chi connectivity index (χ4n) is 1.05. The molecule has 1 heterocycles. The monoisotopic (exact) mass is 185 g/mol. The van der Waals surface area contributed by atoms with Crippen molar-refractivity contribution in [2.75, 3.05) is 18.0 Å². The van der Waals surface area contributed by atoms with Crippen LogP contribution in [-0.4, -0.2) is 23.1 Å². The highest BCUT2D eigenvalue weighted by molar-refractivity contribution is 6.28. The average Bonchev–Trinajstić information content (AvgIpc) is 2.07. The van der Waals surface area contributed by atoms with Crippen molar-refractivity contribution >= 4 is 17.4 Å². The third kappa shape index (κ3) is 2.08. The lowest BCUT2D eigenvalue weighted by Gasteiger charge is -2.18. The van der Waals surface area contributed by atoms with Gasteiger partial charge in [0.1, 0.15) is 5.82 Å². The van der Waals surface area contributed by atoms with E-state index in [0.717, 1.165) is 18.9 Å². The first-order valence-electron chi connectivity index (χ1n) is 4.01. The van der Waals surface area contributed by atoms with Crippen molar-refractivity contribution in [1.29, 1.82) is 0 Å². The van der Waals surface area contributed by atoms with Gasteiger partial charge in [0, 0.05) is 19.3 Å². The van der Waals surface area contributed by atoms with E-state index in [4.69, 9.17) is 11.6 Å². The van der Waals surface area contributed by atoms with Crippen LogP contribution in [0.5, 0.6) is 0 Å². The van der Waals surface area contributed by atoms with Crippen LogP contribution in [0.25, 0.3) is 0 Å². The number of nitrogens with zero attached hydrogens (tertiary/aromatic N) is 3. The third-order valence-electron chi connectivity index (χ3n) is 1.70. The zero-order chi connectivity index (χ0) is 8.97. The van der Waals surface area contributed by atoms with Crippen LogP contribution >= 0.6 is 11.6 Å². The van der Waals surface area contributed by atoms with Crippen LogP contribution < -0.4 is 4.90 Å². The summed E-state index contributed by atoms with van der Waals surface area (Å²) in [6.07, 6.45) is 1.67. The van der Waals surface area contributed by atoms with Gasteiger partial charge < -0.3 is 4.90 Å². The highest BCUT2D eigenvalue weighted by Gasteiger charge is 2.02. The molecule has 4 heteroatoms. The third-order valence-corrected chi connectivity index (χ3v) is 1.88. The van der Waals surface area contributed by atoms with Gasteiger partial charge in [-0.15, -0.1) is 0 Å². The minimum absolute atomic E-state index is 0.305. The first kappa shape index (κ1) is 9.26. The van der Waals surface area contributed by atoms with Gasteiger partial charge in [-0.2, -0.15) is 0 Å². The molecule has 3 nitrogen and oxygen atoms in total. The second-order valence-corrected chi connectivity index (χ2v) is 2.69. The van der Waals surface area contributed by atoms with Gasteiger partial charge >= 0.3 is 0 Å². The number of rotatable bonds is 3. The SMILES string of the molecule is CCN(CC)c1ccnc(Cl)n1. The molecule has 1 aromatic rings. The maximum atomic E-state index is 5.65. The Morgan fingerprint density at radius 2 is 2.08 bits per heavy atom. The number of hydrogen-bond acceptors (Lipinski definition) is 3. The van der Waals surface area contributed by atoms with Crippen molar-refractivity contribution in [2.24, 2.45) is 0 Å². The van der Waals surface area contributed by atoms with Crippen molar-refractivity contribution in [1.82, 2.24) is 9.97 Å². The Hall–Kier alpha value is -0.830. The van der Waals surface area contributed by atoms with Crippen LogP contribution in [0.15, 0.2) is 12.3 Å². The largest absolute Gasteiger partial charge is 0.357 e. The smallest absolute Gasteiger partial charge is 0.224 e. The summed E-state index contributed by atoms with van der Waals surface area (Å²) in [6, 6.07) is 1.86. The molecule has 0 saturated carbocycles. The summed E-state index contributed by atoms with van der Waals surface area (Å²) in [5.74, 6) is 0.889. The molecule has 0 N–H and O–H groups in total. The zero-order valence-corrected chi connectivity index (χ0v) is 8.04. The van der Waals surface area contributed by atoms with Gasteiger partial charge in [0.15, 0.2) is 0 Å². The number of aromatic nitrogens is 2. The molecule has 0 saturated heterocycles. The highest BCUT2D eigenvalue weighted by atomic mass is 35.5. The molecule has 0 aliphatic rings. The molecule has 12 heavy (non-hydrogen) atoms. The minimum atomic E-state index is 0.305. The van der Waals surface area contributed by atoms with E-state index in [1.165, 1.54) is 0 Å². The lowest BCUT2D eigenvalue weighted by atomic mass is 10.4. The topological polar surface area (TPSA) is 29.0 Å². The molecular formula is C8H12ClN3. The van der Waals surface area contributed by atoms with E-state index >= 15 is 0 Å². The van der Waals surface area contributed by atoms with Crippen molar-refractivity contribution in [2.45, 2.75) is 13.8 Å². The minimum Gasteiger partial charge on any atom is -0.357 e. The van der Waals surface area contributed by atoms with Gasteiger partial charge in [-0.1, -0.05) is 0 Å². The normalized spacial score (nSPS) is 9.92. The maximum Gasteiger partial charge on any atom is 0.224 e. The van der Waals surface area contributed by atoms with Crippen LogP contribution in [-0.2, 0) is 0 Å². The van der Waals surface area contributed by atoms with Crippen LogP contribution in [0.2, 0.25) is 5.28 Å². The van der Waals surface area contributed by atoms with Gasteiger partial charge in [-0.25, -0.2) is 9.97 Å². The molecule has 0 amide bonds. The molecule has 0 fully saturated rings. The highest BCUT2D eigenvalue weighted by Crippen LogP contribution is 2.10. The van der Waals surface area contributed by atoms with E-state index < -0.39 is 0 Å². The van der Waals surface area contributed by atoms with Crippen LogP contribution in [0.1, 0.15) is 13.8 Å². The van der Waals surface area contributed by atoms with E-state index in [0.29, 0.717) is 5.28 Å². The van der Waals surface area contributed by atoms with Gasteiger partial charge in [0.25, 0.3) is 0 Å². The summed E-state index contributed by atoms with van der Waals surface area (Å²) < 4.78 is 0. The Labute approximate surface area is 77.4 Å². The molecule has 1 aromatic heterocycles. The second-order valence-electron chi connectivity index (χ2n) is 2.36. The molecule has 0 atom stereocenters. The number of anilines is 1. The molecule has 0 unspecified atom stereocenters. The van der Waals surface area contributed by atoms with Crippen molar-refractivity contribution in [3.63, 3.8) is 0 Å². The van der Waals surface area contributed by atoms with E-state index in [2.05, 4.69) is 28.7 Å². The number of hydrogen-bond donors (Lipinski definition) is 0. The quantitative estimate of drug-likeness (QED) is 0.675. The molecule has 0 aliphatic carbocycles. The summed E-state index contributed by atoms with van der Waals surface area (Å²) in [6.45, 7) is 6.03. The van der Waals surface area contributed by atoms with Gasteiger partial charge in [-0.3, -0.25) is 0 Å². The zero-order valence-electron chi connectivity index (χ0n) is 7.29. The van der Waals surface area contributed by atoms with E-state index in [1.54, 1.807) is 6.20 Å².